The highest BCUT2D eigenvalue weighted by molar-refractivity contribution is 5.88. The van der Waals surface area contributed by atoms with Crippen molar-refractivity contribution in [2.24, 2.45) is 0 Å². The van der Waals surface area contributed by atoms with E-state index in [1.54, 1.807) is 24.3 Å². The van der Waals surface area contributed by atoms with Crippen molar-refractivity contribution in [3.05, 3.63) is 71.1 Å². The predicted octanol–water partition coefficient (Wildman–Crippen LogP) is 3.44. The lowest BCUT2D eigenvalue weighted by atomic mass is 9.91. The Morgan fingerprint density at radius 1 is 1.21 bits per heavy atom. The molecule has 0 bridgehead atoms. The first-order valence-corrected chi connectivity index (χ1v) is 9.84. The van der Waals surface area contributed by atoms with Gasteiger partial charge in [0.25, 0.3) is 0 Å². The number of aromatic carboxylic acids is 1. The third-order valence-electron chi connectivity index (χ3n) is 5.50. The Labute approximate surface area is 171 Å². The fourth-order valence-corrected chi connectivity index (χ4v) is 3.94. The lowest BCUT2D eigenvalue weighted by Gasteiger charge is -2.41. The molecule has 6 nitrogen and oxygen atoms in total. The van der Waals surface area contributed by atoms with Crippen molar-refractivity contribution in [2.75, 3.05) is 38.1 Å². The lowest BCUT2D eigenvalue weighted by molar-refractivity contribution is -0.0234. The van der Waals surface area contributed by atoms with Crippen LogP contribution >= 0.6 is 0 Å². The number of hydrogen-bond donors (Lipinski definition) is 2. The van der Waals surface area contributed by atoms with Crippen molar-refractivity contribution >= 4 is 17.3 Å². The van der Waals surface area contributed by atoms with Crippen molar-refractivity contribution in [1.82, 2.24) is 4.90 Å². The van der Waals surface area contributed by atoms with E-state index in [-0.39, 0.29) is 5.56 Å². The standard InChI is InChI=1S/C23H27N3O3/c1-24-20-8-4-18(5-9-20)12-15-26-14-3-13-23(29,17-26)16-25(2)21-10-6-19(7-11-21)22(27)28/h4-11,29H,3,12-17H2,2H3,(H,27,28). The first-order chi connectivity index (χ1) is 13.9. The minimum atomic E-state index is -0.940. The highest BCUT2D eigenvalue weighted by Gasteiger charge is 2.34. The molecule has 3 rings (SSSR count). The van der Waals surface area contributed by atoms with Crippen LogP contribution in [0, 0.1) is 6.57 Å². The zero-order valence-electron chi connectivity index (χ0n) is 16.7. The van der Waals surface area contributed by atoms with Crippen LogP contribution in [0.2, 0.25) is 0 Å². The molecule has 0 radical (unpaired) electrons. The number of likely N-dealkylation sites (N-methyl/N-ethyl adjacent to an activating group) is 1. The van der Waals surface area contributed by atoms with E-state index >= 15 is 0 Å². The summed E-state index contributed by atoms with van der Waals surface area (Å²) in [6.45, 7) is 9.98. The Morgan fingerprint density at radius 3 is 2.52 bits per heavy atom. The predicted molar refractivity (Wildman–Crippen MR) is 114 cm³/mol. The number of likely N-dealkylation sites (tertiary alicyclic amines) is 1. The summed E-state index contributed by atoms with van der Waals surface area (Å²) in [5, 5.41) is 20.2. The fourth-order valence-electron chi connectivity index (χ4n) is 3.94. The molecule has 1 unspecified atom stereocenters. The van der Waals surface area contributed by atoms with Crippen LogP contribution < -0.4 is 4.90 Å². The van der Waals surface area contributed by atoms with E-state index < -0.39 is 11.6 Å². The molecule has 1 aliphatic heterocycles. The normalized spacial score (nSPS) is 19.5. The van der Waals surface area contributed by atoms with E-state index in [4.69, 9.17) is 11.7 Å². The highest BCUT2D eigenvalue weighted by atomic mass is 16.4. The molecule has 2 aromatic rings. The number of piperidine rings is 1. The van der Waals surface area contributed by atoms with E-state index in [0.717, 1.165) is 38.0 Å². The van der Waals surface area contributed by atoms with Gasteiger partial charge >= 0.3 is 5.97 Å². The highest BCUT2D eigenvalue weighted by Crippen LogP contribution is 2.25. The minimum Gasteiger partial charge on any atom is -0.478 e. The first-order valence-electron chi connectivity index (χ1n) is 9.84. The first kappa shape index (κ1) is 20.8. The number of rotatable bonds is 7. The van der Waals surface area contributed by atoms with Gasteiger partial charge in [-0.05, 0) is 55.6 Å². The number of nitrogens with zero attached hydrogens (tertiary/aromatic N) is 3. The Hall–Kier alpha value is -2.88. The molecule has 29 heavy (non-hydrogen) atoms. The van der Waals surface area contributed by atoms with E-state index in [9.17, 15) is 9.90 Å². The van der Waals surface area contributed by atoms with Crippen LogP contribution in [-0.4, -0.2) is 59.9 Å². The molecule has 2 N–H and O–H groups in total. The van der Waals surface area contributed by atoms with Gasteiger partial charge in [0.1, 0.15) is 0 Å². The van der Waals surface area contributed by atoms with Crippen molar-refractivity contribution in [3.8, 4) is 0 Å². The molecule has 0 amide bonds. The summed E-state index contributed by atoms with van der Waals surface area (Å²) in [5.41, 5.74) is 2.20. The van der Waals surface area contributed by atoms with Crippen LogP contribution in [0.5, 0.6) is 0 Å². The zero-order chi connectivity index (χ0) is 20.9. The number of carboxylic acids is 1. The van der Waals surface area contributed by atoms with Crippen LogP contribution in [0.25, 0.3) is 4.85 Å². The quantitative estimate of drug-likeness (QED) is 0.706. The summed E-state index contributed by atoms with van der Waals surface area (Å²) in [6, 6.07) is 14.4. The smallest absolute Gasteiger partial charge is 0.335 e. The van der Waals surface area contributed by atoms with Gasteiger partial charge in [0.15, 0.2) is 5.69 Å². The molecule has 0 aliphatic carbocycles. The zero-order valence-corrected chi connectivity index (χ0v) is 16.7. The molecule has 1 aliphatic rings. The molecule has 152 valence electrons. The number of aliphatic hydroxyl groups is 1. The summed E-state index contributed by atoms with van der Waals surface area (Å²) in [5.74, 6) is -0.940. The van der Waals surface area contributed by atoms with Gasteiger partial charge in [0, 0.05) is 32.4 Å². The molecule has 1 fully saturated rings. The molecule has 1 heterocycles. The second kappa shape index (κ2) is 9.08. The van der Waals surface area contributed by atoms with E-state index in [1.165, 1.54) is 5.56 Å². The molecule has 0 spiro atoms. The topological polar surface area (TPSA) is 68.4 Å². The molecule has 1 saturated heterocycles. The SMILES string of the molecule is [C-]#[N+]c1ccc(CCN2CCCC(O)(CN(C)c3ccc(C(=O)O)cc3)C2)cc1. The summed E-state index contributed by atoms with van der Waals surface area (Å²) in [4.78, 5) is 18.7. The van der Waals surface area contributed by atoms with Gasteiger partial charge < -0.3 is 20.0 Å². The number of hydrogen-bond acceptors (Lipinski definition) is 4. The van der Waals surface area contributed by atoms with E-state index in [2.05, 4.69) is 9.74 Å². The summed E-state index contributed by atoms with van der Waals surface area (Å²) in [7, 11) is 1.92. The van der Waals surface area contributed by atoms with Gasteiger partial charge in [-0.25, -0.2) is 9.64 Å². The fraction of sp³-hybridized carbons (Fsp3) is 0.391. The maximum atomic E-state index is 11.2. The number of carboxylic acid groups (broad SMARTS) is 1. The molecular weight excluding hydrogens is 366 g/mol. The van der Waals surface area contributed by atoms with E-state index in [0.29, 0.717) is 18.8 Å². The largest absolute Gasteiger partial charge is 0.478 e. The van der Waals surface area contributed by atoms with Crippen molar-refractivity contribution in [2.45, 2.75) is 24.9 Å². The van der Waals surface area contributed by atoms with Crippen LogP contribution in [0.3, 0.4) is 0 Å². The molecule has 6 heteroatoms. The monoisotopic (exact) mass is 393 g/mol. The second-order valence-electron chi connectivity index (χ2n) is 7.84. The number of β-amino-alcohol motifs (C(OH)–C–C–N with tert-alkyl or cyclic N) is 1. The Balaban J connectivity index is 1.56. The van der Waals surface area contributed by atoms with Gasteiger partial charge in [-0.2, -0.15) is 0 Å². The Kier molecular flexibility index (Phi) is 6.53. The second-order valence-corrected chi connectivity index (χ2v) is 7.84. The molecular formula is C23H27N3O3. The molecule has 1 atom stereocenters. The average molecular weight is 393 g/mol. The van der Waals surface area contributed by atoms with Gasteiger partial charge in [-0.15, -0.1) is 0 Å². The number of anilines is 1. The maximum Gasteiger partial charge on any atom is 0.335 e. The Morgan fingerprint density at radius 2 is 1.90 bits per heavy atom. The van der Waals surface area contributed by atoms with E-state index in [1.807, 2.05) is 36.2 Å². The van der Waals surface area contributed by atoms with Crippen molar-refractivity contribution < 1.29 is 15.0 Å². The minimum absolute atomic E-state index is 0.258. The lowest BCUT2D eigenvalue weighted by Crippen LogP contribution is -2.54. The third-order valence-corrected chi connectivity index (χ3v) is 5.50. The van der Waals surface area contributed by atoms with Gasteiger partial charge in [0.2, 0.25) is 0 Å². The maximum absolute atomic E-state index is 11.2. The van der Waals surface area contributed by atoms with Crippen molar-refractivity contribution in [1.29, 1.82) is 0 Å². The van der Waals surface area contributed by atoms with Crippen LogP contribution in [0.4, 0.5) is 11.4 Å². The molecule has 2 aromatic carbocycles. The van der Waals surface area contributed by atoms with Gasteiger partial charge in [-0.3, -0.25) is 0 Å². The van der Waals surface area contributed by atoms with Gasteiger partial charge in [-0.1, -0.05) is 24.3 Å². The summed E-state index contributed by atoms with van der Waals surface area (Å²) >= 11 is 0. The van der Waals surface area contributed by atoms with Crippen molar-refractivity contribution in [3.63, 3.8) is 0 Å². The average Bonchev–Trinajstić information content (AvgIpc) is 2.72. The summed E-state index contributed by atoms with van der Waals surface area (Å²) < 4.78 is 0. The van der Waals surface area contributed by atoms with Crippen LogP contribution in [0.15, 0.2) is 48.5 Å². The Bertz CT molecular complexity index is 874. The summed E-state index contributed by atoms with van der Waals surface area (Å²) in [6.07, 6.45) is 2.58. The number of carbonyl (C=O) groups is 1. The molecule has 0 saturated carbocycles. The number of benzene rings is 2. The van der Waals surface area contributed by atoms with Crippen LogP contribution in [-0.2, 0) is 6.42 Å². The third kappa shape index (κ3) is 5.57. The van der Waals surface area contributed by atoms with Crippen LogP contribution in [0.1, 0.15) is 28.8 Å². The van der Waals surface area contributed by atoms with Gasteiger partial charge in [0.05, 0.1) is 17.7 Å². The molecule has 0 aromatic heterocycles.